The minimum atomic E-state index is -0.481. The molecule has 1 aliphatic heterocycles. The Balaban J connectivity index is 1.14. The summed E-state index contributed by atoms with van der Waals surface area (Å²) in [5.41, 5.74) is 0.359. The second-order valence-electron chi connectivity index (χ2n) is 12.1. The van der Waals surface area contributed by atoms with Crippen LogP contribution in [0.4, 0.5) is 0 Å². The lowest BCUT2D eigenvalue weighted by Gasteiger charge is -2.30. The number of esters is 1. The molecule has 2 N–H and O–H groups in total. The van der Waals surface area contributed by atoms with Gasteiger partial charge in [-0.15, -0.1) is 0 Å². The largest absolute Gasteiger partial charge is 0.460 e. The first-order valence-electron chi connectivity index (χ1n) is 15.2. The quantitative estimate of drug-likeness (QED) is 0.214. The van der Waals surface area contributed by atoms with Gasteiger partial charge in [0.25, 0.3) is 0 Å². The molecule has 2 heterocycles. The molecule has 0 radical (unpaired) electrons. The molecule has 0 aromatic carbocycles. The minimum Gasteiger partial charge on any atom is -0.460 e. The molecule has 1 saturated heterocycles. The van der Waals surface area contributed by atoms with Crippen LogP contribution >= 0.6 is 0 Å². The molecule has 3 amide bonds. The van der Waals surface area contributed by atoms with Crippen molar-refractivity contribution in [2.75, 3.05) is 53.2 Å². The second-order valence-corrected chi connectivity index (χ2v) is 12.1. The molecule has 2 aliphatic rings. The van der Waals surface area contributed by atoms with Crippen molar-refractivity contribution >= 4 is 23.7 Å². The van der Waals surface area contributed by atoms with E-state index < -0.39 is 11.5 Å². The third-order valence-corrected chi connectivity index (χ3v) is 7.54. The Hall–Kier alpha value is -3.09. The van der Waals surface area contributed by atoms with Crippen molar-refractivity contribution in [3.8, 4) is 0 Å². The Bertz CT molecular complexity index is 1040. The molecule has 3 rings (SSSR count). The van der Waals surface area contributed by atoms with E-state index in [4.69, 9.17) is 18.9 Å². The van der Waals surface area contributed by atoms with Crippen molar-refractivity contribution in [1.29, 1.82) is 0 Å². The van der Waals surface area contributed by atoms with E-state index in [9.17, 15) is 19.2 Å². The molecule has 1 saturated carbocycles. The monoisotopic (exact) mass is 604 g/mol. The Kier molecular flexibility index (Phi) is 13.8. The topological polar surface area (TPSA) is 145 Å². The van der Waals surface area contributed by atoms with Gasteiger partial charge in [0.2, 0.25) is 17.7 Å². The van der Waals surface area contributed by atoms with Crippen molar-refractivity contribution in [3.05, 3.63) is 30.1 Å². The lowest BCUT2D eigenvalue weighted by molar-refractivity contribution is -0.161. The van der Waals surface area contributed by atoms with E-state index >= 15 is 0 Å². The van der Waals surface area contributed by atoms with Crippen LogP contribution in [0, 0.1) is 11.8 Å². The number of ether oxygens (including phenoxy) is 4. The molecular weight excluding hydrogens is 556 g/mol. The summed E-state index contributed by atoms with van der Waals surface area (Å²) in [4.78, 5) is 55.2. The lowest BCUT2D eigenvalue weighted by atomic mass is 9.86. The molecule has 2 atom stereocenters. The summed E-state index contributed by atoms with van der Waals surface area (Å²) < 4.78 is 22.0. The van der Waals surface area contributed by atoms with Crippen LogP contribution in [0.1, 0.15) is 70.9 Å². The molecule has 0 bridgehead atoms. The maximum atomic E-state index is 12.7. The Labute approximate surface area is 254 Å². The molecule has 2 fully saturated rings. The van der Waals surface area contributed by atoms with Gasteiger partial charge in [0, 0.05) is 44.9 Å². The molecular formula is C31H48N4O8. The van der Waals surface area contributed by atoms with Crippen LogP contribution in [0.2, 0.25) is 0 Å². The normalized spacial score (nSPS) is 22.3. The highest BCUT2D eigenvalue weighted by Crippen LogP contribution is 2.36. The second kappa shape index (κ2) is 17.3. The summed E-state index contributed by atoms with van der Waals surface area (Å²) in [5.74, 6) is -1.01. The zero-order valence-electron chi connectivity index (χ0n) is 26.0. The first-order chi connectivity index (χ1) is 20.5. The van der Waals surface area contributed by atoms with Gasteiger partial charge in [-0.25, -0.2) is 0 Å². The highest BCUT2D eigenvalue weighted by molar-refractivity contribution is 5.90. The predicted molar refractivity (Wildman–Crippen MR) is 158 cm³/mol. The zero-order valence-corrected chi connectivity index (χ0v) is 26.0. The number of likely N-dealkylation sites (tertiary alicyclic amines) is 1. The Morgan fingerprint density at radius 1 is 0.977 bits per heavy atom. The van der Waals surface area contributed by atoms with Gasteiger partial charge < -0.3 is 34.5 Å². The molecule has 12 heteroatoms. The Morgan fingerprint density at radius 2 is 1.63 bits per heavy atom. The molecule has 0 spiro atoms. The van der Waals surface area contributed by atoms with Crippen LogP contribution in [0.5, 0.6) is 0 Å². The fraction of sp³-hybridized carbons (Fsp3) is 0.710. The molecule has 1 aromatic rings. The van der Waals surface area contributed by atoms with Crippen LogP contribution in [0.25, 0.3) is 0 Å². The molecule has 43 heavy (non-hydrogen) atoms. The smallest absolute Gasteiger partial charge is 0.309 e. The summed E-state index contributed by atoms with van der Waals surface area (Å²) in [7, 11) is 1.71. The molecule has 1 aliphatic carbocycles. The number of carbonyl (C=O) groups excluding carboxylic acids is 4. The van der Waals surface area contributed by atoms with E-state index in [2.05, 4.69) is 15.6 Å². The zero-order chi connectivity index (χ0) is 31.2. The van der Waals surface area contributed by atoms with Crippen LogP contribution < -0.4 is 10.6 Å². The summed E-state index contributed by atoms with van der Waals surface area (Å²) in [6.07, 6.45) is 6.77. The van der Waals surface area contributed by atoms with Gasteiger partial charge in [0.15, 0.2) is 0 Å². The van der Waals surface area contributed by atoms with Crippen molar-refractivity contribution in [3.63, 3.8) is 0 Å². The number of hydrogen-bond donors (Lipinski definition) is 2. The summed E-state index contributed by atoms with van der Waals surface area (Å²) in [6, 6.07) is 3.43. The van der Waals surface area contributed by atoms with Gasteiger partial charge in [0.1, 0.15) is 5.60 Å². The van der Waals surface area contributed by atoms with Gasteiger partial charge in [-0.2, -0.15) is 0 Å². The van der Waals surface area contributed by atoms with Crippen molar-refractivity contribution in [2.45, 2.75) is 77.0 Å². The van der Waals surface area contributed by atoms with Crippen molar-refractivity contribution in [2.24, 2.45) is 11.8 Å². The number of amides is 3. The predicted octanol–water partition coefficient (Wildman–Crippen LogP) is 2.17. The Morgan fingerprint density at radius 3 is 2.26 bits per heavy atom. The number of rotatable bonds is 16. The average molecular weight is 605 g/mol. The maximum absolute atomic E-state index is 12.7. The van der Waals surface area contributed by atoms with Gasteiger partial charge in [0.05, 0.1) is 57.5 Å². The minimum absolute atomic E-state index is 0.0544. The van der Waals surface area contributed by atoms with Gasteiger partial charge in [-0.05, 0) is 58.1 Å². The number of nitrogens with one attached hydrogen (secondary N) is 2. The highest BCUT2D eigenvalue weighted by atomic mass is 16.6. The standard InChI is InChI=1S/C31H48N4O8/c1-31(2,3)43-30(39)22-7-9-24(10-8-22)34-26(36)11-14-40-16-18-42-19-17-41-15-13-33-29(38)25-20-27(37)35(4)28(25)23-6-5-12-32-21-23/h5-6,12,21-22,24-25,28H,7-11,13-20H2,1-4H3,(H,33,38)(H,34,36)/t22?,24?,25-,28+/m0/s1. The number of nitrogens with zero attached hydrogens (tertiary/aromatic N) is 2. The van der Waals surface area contributed by atoms with E-state index in [0.717, 1.165) is 31.2 Å². The van der Waals surface area contributed by atoms with E-state index in [1.54, 1.807) is 30.4 Å². The summed E-state index contributed by atoms with van der Waals surface area (Å²) in [5, 5.41) is 5.90. The van der Waals surface area contributed by atoms with E-state index in [1.165, 1.54) is 0 Å². The SMILES string of the molecule is CN1C(=O)C[C@H](C(=O)NCCOCCOCCOCCC(=O)NC2CCC(C(=O)OC(C)(C)C)CC2)[C@H]1c1cccnc1. The lowest BCUT2D eigenvalue weighted by Crippen LogP contribution is -2.40. The molecule has 240 valence electrons. The summed E-state index contributed by atoms with van der Waals surface area (Å²) in [6.45, 7) is 8.09. The van der Waals surface area contributed by atoms with Crippen molar-refractivity contribution < 1.29 is 38.1 Å². The number of carbonyl (C=O) groups is 4. The van der Waals surface area contributed by atoms with Crippen LogP contribution in [-0.4, -0.2) is 98.5 Å². The van der Waals surface area contributed by atoms with Crippen LogP contribution in [-0.2, 0) is 38.1 Å². The van der Waals surface area contributed by atoms with Crippen LogP contribution in [0.15, 0.2) is 24.5 Å². The first kappa shape index (κ1) is 34.4. The number of pyridine rings is 1. The van der Waals surface area contributed by atoms with E-state index in [0.29, 0.717) is 46.2 Å². The highest BCUT2D eigenvalue weighted by Gasteiger charge is 2.42. The van der Waals surface area contributed by atoms with E-state index in [-0.39, 0.29) is 54.5 Å². The number of hydrogen-bond acceptors (Lipinski definition) is 9. The van der Waals surface area contributed by atoms with Gasteiger partial charge in [-0.1, -0.05) is 6.07 Å². The summed E-state index contributed by atoms with van der Waals surface area (Å²) >= 11 is 0. The van der Waals surface area contributed by atoms with Crippen molar-refractivity contribution in [1.82, 2.24) is 20.5 Å². The van der Waals surface area contributed by atoms with E-state index in [1.807, 2.05) is 26.8 Å². The molecule has 0 unspecified atom stereocenters. The van der Waals surface area contributed by atoms with Crippen LogP contribution in [0.3, 0.4) is 0 Å². The third kappa shape index (κ3) is 11.8. The number of aromatic nitrogens is 1. The fourth-order valence-corrected chi connectivity index (χ4v) is 5.35. The fourth-order valence-electron chi connectivity index (χ4n) is 5.35. The first-order valence-corrected chi connectivity index (χ1v) is 15.2. The molecule has 1 aromatic heterocycles. The van der Waals surface area contributed by atoms with Gasteiger partial charge in [-0.3, -0.25) is 24.2 Å². The third-order valence-electron chi connectivity index (χ3n) is 7.54. The molecule has 12 nitrogen and oxygen atoms in total. The van der Waals surface area contributed by atoms with Gasteiger partial charge >= 0.3 is 5.97 Å². The average Bonchev–Trinajstić information content (AvgIpc) is 3.27. The maximum Gasteiger partial charge on any atom is 0.309 e.